The maximum atomic E-state index is 13.2. The normalized spacial score (nSPS) is 16.2. The second-order valence-corrected chi connectivity index (χ2v) is 6.97. The number of benzene rings is 2. The summed E-state index contributed by atoms with van der Waals surface area (Å²) < 4.78 is 11.9. The SMILES string of the molecule is CNCC1CCN(C(=O)c2oc3ccccc3c2COc2ccccc2)C1.Cl. The van der Waals surface area contributed by atoms with E-state index in [0.717, 1.165) is 48.3 Å². The molecule has 1 aliphatic heterocycles. The van der Waals surface area contributed by atoms with Gasteiger partial charge in [-0.25, -0.2) is 0 Å². The molecule has 4 rings (SSSR count). The van der Waals surface area contributed by atoms with Gasteiger partial charge in [-0.15, -0.1) is 12.4 Å². The summed E-state index contributed by atoms with van der Waals surface area (Å²) in [6.07, 6.45) is 1.02. The van der Waals surface area contributed by atoms with Gasteiger partial charge in [0.2, 0.25) is 0 Å². The van der Waals surface area contributed by atoms with Gasteiger partial charge < -0.3 is 19.4 Å². The summed E-state index contributed by atoms with van der Waals surface area (Å²) in [7, 11) is 1.95. The maximum Gasteiger partial charge on any atom is 0.290 e. The number of rotatable bonds is 6. The highest BCUT2D eigenvalue weighted by Gasteiger charge is 2.31. The Morgan fingerprint density at radius 3 is 2.71 bits per heavy atom. The van der Waals surface area contributed by atoms with Gasteiger partial charge in [0.15, 0.2) is 5.76 Å². The lowest BCUT2D eigenvalue weighted by Crippen LogP contribution is -2.30. The highest BCUT2D eigenvalue weighted by atomic mass is 35.5. The van der Waals surface area contributed by atoms with Crippen LogP contribution in [0.1, 0.15) is 22.5 Å². The Labute approximate surface area is 171 Å². The molecule has 3 aromatic rings. The Morgan fingerprint density at radius 2 is 1.93 bits per heavy atom. The van der Waals surface area contributed by atoms with Crippen LogP contribution in [0.25, 0.3) is 11.0 Å². The zero-order chi connectivity index (χ0) is 18.6. The first-order valence-corrected chi connectivity index (χ1v) is 9.38. The fourth-order valence-corrected chi connectivity index (χ4v) is 3.70. The van der Waals surface area contributed by atoms with E-state index in [0.29, 0.717) is 18.3 Å². The Kier molecular flexibility index (Phi) is 6.60. The van der Waals surface area contributed by atoms with Gasteiger partial charge in [-0.3, -0.25) is 4.79 Å². The van der Waals surface area contributed by atoms with E-state index in [1.54, 1.807) is 0 Å². The number of ether oxygens (including phenoxy) is 1. The van der Waals surface area contributed by atoms with Crippen molar-refractivity contribution in [3.05, 3.63) is 65.9 Å². The van der Waals surface area contributed by atoms with Crippen molar-refractivity contribution in [2.75, 3.05) is 26.7 Å². The van der Waals surface area contributed by atoms with Crippen LogP contribution < -0.4 is 10.1 Å². The van der Waals surface area contributed by atoms with Crippen molar-refractivity contribution in [3.8, 4) is 5.75 Å². The minimum absolute atomic E-state index is 0. The average molecular weight is 401 g/mol. The van der Waals surface area contributed by atoms with Crippen LogP contribution in [0.5, 0.6) is 5.75 Å². The third-order valence-electron chi connectivity index (χ3n) is 5.08. The molecule has 5 nitrogen and oxygen atoms in total. The fraction of sp³-hybridized carbons (Fsp3) is 0.318. The number of hydrogen-bond donors (Lipinski definition) is 1. The Morgan fingerprint density at radius 1 is 1.18 bits per heavy atom. The van der Waals surface area contributed by atoms with E-state index < -0.39 is 0 Å². The van der Waals surface area contributed by atoms with Gasteiger partial charge >= 0.3 is 0 Å². The molecule has 1 N–H and O–H groups in total. The summed E-state index contributed by atoms with van der Waals surface area (Å²) in [6, 6.07) is 17.4. The molecule has 2 aromatic carbocycles. The van der Waals surface area contributed by atoms with Crippen LogP contribution in [-0.4, -0.2) is 37.5 Å². The number of fused-ring (bicyclic) bond motifs is 1. The van der Waals surface area contributed by atoms with Gasteiger partial charge in [-0.2, -0.15) is 0 Å². The summed E-state index contributed by atoms with van der Waals surface area (Å²) in [5.74, 6) is 1.62. The monoisotopic (exact) mass is 400 g/mol. The van der Waals surface area contributed by atoms with E-state index in [1.807, 2.05) is 66.5 Å². The first-order valence-electron chi connectivity index (χ1n) is 9.38. The van der Waals surface area contributed by atoms with Gasteiger partial charge in [0, 0.05) is 24.0 Å². The number of furan rings is 1. The van der Waals surface area contributed by atoms with Crippen LogP contribution in [-0.2, 0) is 6.61 Å². The van der Waals surface area contributed by atoms with E-state index in [1.165, 1.54) is 0 Å². The van der Waals surface area contributed by atoms with Crippen molar-refractivity contribution in [3.63, 3.8) is 0 Å². The van der Waals surface area contributed by atoms with Crippen LogP contribution >= 0.6 is 12.4 Å². The number of amides is 1. The topological polar surface area (TPSA) is 54.7 Å². The molecule has 28 heavy (non-hydrogen) atoms. The molecule has 1 atom stereocenters. The van der Waals surface area contributed by atoms with Crippen molar-refractivity contribution >= 4 is 29.3 Å². The molecule has 1 aromatic heterocycles. The third-order valence-corrected chi connectivity index (χ3v) is 5.08. The predicted molar refractivity (Wildman–Crippen MR) is 112 cm³/mol. The van der Waals surface area contributed by atoms with Gasteiger partial charge in [-0.1, -0.05) is 36.4 Å². The van der Waals surface area contributed by atoms with Gasteiger partial charge in [0.25, 0.3) is 5.91 Å². The average Bonchev–Trinajstić information content (AvgIpc) is 3.32. The first kappa shape index (κ1) is 20.2. The van der Waals surface area contributed by atoms with Crippen molar-refractivity contribution in [1.82, 2.24) is 10.2 Å². The molecule has 1 saturated heterocycles. The van der Waals surface area contributed by atoms with Crippen molar-refractivity contribution in [2.24, 2.45) is 5.92 Å². The molecule has 2 heterocycles. The second-order valence-electron chi connectivity index (χ2n) is 6.97. The van der Waals surface area contributed by atoms with Gasteiger partial charge in [0.05, 0.1) is 0 Å². The lowest BCUT2D eigenvalue weighted by Gasteiger charge is -2.16. The molecule has 6 heteroatoms. The number of para-hydroxylation sites is 2. The zero-order valence-electron chi connectivity index (χ0n) is 15.9. The smallest absolute Gasteiger partial charge is 0.290 e. The van der Waals surface area contributed by atoms with E-state index in [4.69, 9.17) is 9.15 Å². The Bertz CT molecular complexity index is 926. The number of likely N-dealkylation sites (tertiary alicyclic amines) is 1. The first-order chi connectivity index (χ1) is 13.3. The number of nitrogens with zero attached hydrogens (tertiary/aromatic N) is 1. The molecule has 148 valence electrons. The molecular weight excluding hydrogens is 376 g/mol. The highest BCUT2D eigenvalue weighted by molar-refractivity contribution is 5.99. The summed E-state index contributed by atoms with van der Waals surface area (Å²) in [5.41, 5.74) is 1.54. The molecule has 0 bridgehead atoms. The number of carbonyl (C=O) groups is 1. The molecule has 1 fully saturated rings. The molecular formula is C22H25ClN2O3. The fourth-order valence-electron chi connectivity index (χ4n) is 3.70. The second kappa shape index (κ2) is 9.13. The van der Waals surface area contributed by atoms with Crippen molar-refractivity contribution < 1.29 is 13.9 Å². The number of nitrogens with one attached hydrogen (secondary N) is 1. The lowest BCUT2D eigenvalue weighted by atomic mass is 10.1. The summed E-state index contributed by atoms with van der Waals surface area (Å²) in [6.45, 7) is 2.75. The molecule has 0 radical (unpaired) electrons. The molecule has 1 unspecified atom stereocenters. The largest absolute Gasteiger partial charge is 0.489 e. The van der Waals surface area contributed by atoms with Crippen LogP contribution in [0.2, 0.25) is 0 Å². The van der Waals surface area contributed by atoms with E-state index in [9.17, 15) is 4.79 Å². The minimum atomic E-state index is -0.0449. The summed E-state index contributed by atoms with van der Waals surface area (Å²) in [5, 5.41) is 4.13. The third kappa shape index (κ3) is 4.16. The summed E-state index contributed by atoms with van der Waals surface area (Å²) >= 11 is 0. The minimum Gasteiger partial charge on any atom is -0.489 e. The Hall–Kier alpha value is -2.50. The van der Waals surface area contributed by atoms with E-state index >= 15 is 0 Å². The van der Waals surface area contributed by atoms with Crippen LogP contribution in [0.4, 0.5) is 0 Å². The van der Waals surface area contributed by atoms with Gasteiger partial charge in [-0.05, 0) is 44.1 Å². The van der Waals surface area contributed by atoms with Crippen LogP contribution in [0, 0.1) is 5.92 Å². The number of hydrogen-bond acceptors (Lipinski definition) is 4. The van der Waals surface area contributed by atoms with Crippen molar-refractivity contribution in [2.45, 2.75) is 13.0 Å². The molecule has 0 spiro atoms. The predicted octanol–water partition coefficient (Wildman–Crippen LogP) is 4.12. The van der Waals surface area contributed by atoms with Gasteiger partial charge in [0.1, 0.15) is 17.9 Å². The Balaban J connectivity index is 0.00000225. The van der Waals surface area contributed by atoms with E-state index in [2.05, 4.69) is 5.32 Å². The zero-order valence-corrected chi connectivity index (χ0v) is 16.7. The number of halogens is 1. The lowest BCUT2D eigenvalue weighted by molar-refractivity contribution is 0.0754. The highest BCUT2D eigenvalue weighted by Crippen LogP contribution is 2.29. The molecule has 0 aliphatic carbocycles. The molecule has 1 amide bonds. The van der Waals surface area contributed by atoms with E-state index in [-0.39, 0.29) is 18.3 Å². The quantitative estimate of drug-likeness (QED) is 0.676. The number of carbonyl (C=O) groups excluding carboxylic acids is 1. The molecule has 0 saturated carbocycles. The van der Waals surface area contributed by atoms with Crippen LogP contribution in [0.3, 0.4) is 0 Å². The standard InChI is InChI=1S/C22H24N2O3.ClH/c1-23-13-16-11-12-24(14-16)22(25)21-19(15-26-17-7-3-2-4-8-17)18-9-5-6-10-20(18)27-21;/h2-10,16,23H,11-15H2,1H3;1H. The van der Waals surface area contributed by atoms with Crippen LogP contribution in [0.15, 0.2) is 59.0 Å². The summed E-state index contributed by atoms with van der Waals surface area (Å²) in [4.78, 5) is 15.0. The molecule has 1 aliphatic rings. The maximum absolute atomic E-state index is 13.2. The van der Waals surface area contributed by atoms with Crippen molar-refractivity contribution in [1.29, 1.82) is 0 Å².